The van der Waals surface area contributed by atoms with Gasteiger partial charge in [-0.1, -0.05) is 0 Å². The number of nitrogens with zero attached hydrogens (tertiary/aromatic N) is 3. The molecule has 5 rings (SSSR count). The van der Waals surface area contributed by atoms with Gasteiger partial charge in [-0.2, -0.15) is 0 Å². The molecule has 4 heterocycles. The van der Waals surface area contributed by atoms with E-state index in [1.165, 1.54) is 0 Å². The van der Waals surface area contributed by atoms with E-state index in [0.717, 1.165) is 66.5 Å². The molecule has 1 spiro atoms. The lowest BCUT2D eigenvalue weighted by atomic mass is 9.62. The summed E-state index contributed by atoms with van der Waals surface area (Å²) in [6, 6.07) is 6.20. The SMILES string of the molecule is FC1CC2(CCN(c3ccc4c(n3)[nH]c3ccncc34)CC2)C1. The Hall–Kier alpha value is -2.17. The van der Waals surface area contributed by atoms with Crippen molar-refractivity contribution >= 4 is 27.8 Å². The molecular weight excluding hydrogens is 291 g/mol. The Morgan fingerprint density at radius 2 is 1.96 bits per heavy atom. The number of nitrogens with one attached hydrogen (secondary N) is 1. The maximum atomic E-state index is 13.2. The van der Waals surface area contributed by atoms with Gasteiger partial charge in [0.25, 0.3) is 0 Å². The van der Waals surface area contributed by atoms with Crippen molar-refractivity contribution in [1.29, 1.82) is 0 Å². The van der Waals surface area contributed by atoms with Crippen LogP contribution in [0.4, 0.5) is 10.2 Å². The average Bonchev–Trinajstić information content (AvgIpc) is 2.92. The summed E-state index contributed by atoms with van der Waals surface area (Å²) in [4.78, 5) is 14.7. The van der Waals surface area contributed by atoms with Crippen molar-refractivity contribution in [3.63, 3.8) is 0 Å². The molecule has 0 atom stereocenters. The first-order valence-corrected chi connectivity index (χ1v) is 8.34. The number of alkyl halides is 1. The minimum Gasteiger partial charge on any atom is -0.357 e. The van der Waals surface area contributed by atoms with Gasteiger partial charge in [0.1, 0.15) is 17.6 Å². The standard InChI is InChI=1S/C18H19FN4/c19-12-9-18(10-12)4-7-23(8-5-18)16-2-1-13-14-11-20-6-3-15(14)21-17(13)22-16/h1-3,6,11-12H,4-5,7-10H2,(H,21,22). The highest BCUT2D eigenvalue weighted by atomic mass is 19.1. The molecule has 1 aliphatic heterocycles. The van der Waals surface area contributed by atoms with Crippen LogP contribution in [0, 0.1) is 5.41 Å². The molecule has 0 bridgehead atoms. The molecule has 0 unspecified atom stereocenters. The molecule has 0 aromatic carbocycles. The fourth-order valence-corrected chi connectivity index (χ4v) is 4.28. The van der Waals surface area contributed by atoms with Gasteiger partial charge in [-0.3, -0.25) is 4.98 Å². The molecule has 5 heteroatoms. The molecule has 23 heavy (non-hydrogen) atoms. The van der Waals surface area contributed by atoms with Crippen LogP contribution >= 0.6 is 0 Å². The van der Waals surface area contributed by atoms with Crippen LogP contribution in [0.2, 0.25) is 0 Å². The molecule has 1 N–H and O–H groups in total. The lowest BCUT2D eigenvalue weighted by Gasteiger charge is -2.49. The van der Waals surface area contributed by atoms with Crippen LogP contribution in [-0.4, -0.2) is 34.2 Å². The van der Waals surface area contributed by atoms with Crippen molar-refractivity contribution in [2.45, 2.75) is 31.9 Å². The number of anilines is 1. The topological polar surface area (TPSA) is 44.8 Å². The Bertz CT molecular complexity index is 871. The van der Waals surface area contributed by atoms with Gasteiger partial charge in [0.05, 0.1) is 5.52 Å². The van der Waals surface area contributed by atoms with Crippen molar-refractivity contribution in [1.82, 2.24) is 15.0 Å². The number of fused-ring (bicyclic) bond motifs is 3. The van der Waals surface area contributed by atoms with Gasteiger partial charge in [0.15, 0.2) is 0 Å². The summed E-state index contributed by atoms with van der Waals surface area (Å²) >= 11 is 0. The van der Waals surface area contributed by atoms with Crippen LogP contribution in [0.5, 0.6) is 0 Å². The number of pyridine rings is 2. The largest absolute Gasteiger partial charge is 0.357 e. The smallest absolute Gasteiger partial charge is 0.140 e. The summed E-state index contributed by atoms with van der Waals surface area (Å²) in [5, 5.41) is 2.23. The predicted octanol–water partition coefficient (Wildman–Crippen LogP) is 3.83. The minimum atomic E-state index is -0.559. The van der Waals surface area contributed by atoms with Crippen LogP contribution in [0.3, 0.4) is 0 Å². The molecule has 0 radical (unpaired) electrons. The van der Waals surface area contributed by atoms with E-state index in [4.69, 9.17) is 4.98 Å². The zero-order valence-corrected chi connectivity index (χ0v) is 12.9. The zero-order chi connectivity index (χ0) is 15.4. The van der Waals surface area contributed by atoms with Gasteiger partial charge in [0.2, 0.25) is 0 Å². The molecule has 1 saturated heterocycles. The molecule has 118 valence electrons. The van der Waals surface area contributed by atoms with Gasteiger partial charge in [-0.15, -0.1) is 0 Å². The van der Waals surface area contributed by atoms with E-state index < -0.39 is 6.17 Å². The summed E-state index contributed by atoms with van der Waals surface area (Å²) < 4.78 is 13.2. The first-order valence-electron chi connectivity index (χ1n) is 8.34. The van der Waals surface area contributed by atoms with Crippen molar-refractivity contribution < 1.29 is 4.39 Å². The van der Waals surface area contributed by atoms with Crippen molar-refractivity contribution in [2.75, 3.05) is 18.0 Å². The molecule has 3 aromatic heterocycles. The molecule has 1 saturated carbocycles. The van der Waals surface area contributed by atoms with Gasteiger partial charge >= 0.3 is 0 Å². The first kappa shape index (κ1) is 13.3. The van der Waals surface area contributed by atoms with Crippen molar-refractivity contribution in [3.05, 3.63) is 30.6 Å². The third-order valence-electron chi connectivity index (χ3n) is 5.70. The van der Waals surface area contributed by atoms with E-state index >= 15 is 0 Å². The Morgan fingerprint density at radius 3 is 2.74 bits per heavy atom. The van der Waals surface area contributed by atoms with E-state index in [2.05, 4.69) is 27.0 Å². The first-order chi connectivity index (χ1) is 11.2. The van der Waals surface area contributed by atoms with Gasteiger partial charge in [-0.25, -0.2) is 9.37 Å². The van der Waals surface area contributed by atoms with Gasteiger partial charge in [0, 0.05) is 36.3 Å². The quantitative estimate of drug-likeness (QED) is 0.743. The summed E-state index contributed by atoms with van der Waals surface area (Å²) in [6.45, 7) is 1.96. The highest BCUT2D eigenvalue weighted by Crippen LogP contribution is 2.50. The number of aromatic amines is 1. The molecule has 4 nitrogen and oxygen atoms in total. The summed E-state index contributed by atoms with van der Waals surface area (Å²) in [7, 11) is 0. The fraction of sp³-hybridized carbons (Fsp3) is 0.444. The number of aromatic nitrogens is 3. The lowest BCUT2D eigenvalue weighted by molar-refractivity contribution is 0.00443. The van der Waals surface area contributed by atoms with Gasteiger partial charge < -0.3 is 9.88 Å². The molecule has 0 amide bonds. The third-order valence-corrected chi connectivity index (χ3v) is 5.70. The van der Waals surface area contributed by atoms with Gasteiger partial charge in [-0.05, 0) is 49.3 Å². The zero-order valence-electron chi connectivity index (χ0n) is 12.9. The monoisotopic (exact) mass is 310 g/mol. The van der Waals surface area contributed by atoms with Crippen LogP contribution in [0.25, 0.3) is 21.9 Å². The summed E-state index contributed by atoms with van der Waals surface area (Å²) in [5.41, 5.74) is 2.27. The van der Waals surface area contributed by atoms with E-state index in [9.17, 15) is 4.39 Å². The third kappa shape index (κ3) is 2.02. The van der Waals surface area contributed by atoms with E-state index in [-0.39, 0.29) is 5.41 Å². The summed E-state index contributed by atoms with van der Waals surface area (Å²) in [5.74, 6) is 1.02. The second-order valence-corrected chi connectivity index (χ2v) is 7.10. The Kier molecular flexibility index (Phi) is 2.69. The number of hydrogen-bond donors (Lipinski definition) is 1. The predicted molar refractivity (Wildman–Crippen MR) is 89.4 cm³/mol. The second-order valence-electron chi connectivity index (χ2n) is 7.10. The maximum Gasteiger partial charge on any atom is 0.140 e. The number of H-pyrrole nitrogens is 1. The highest BCUT2D eigenvalue weighted by Gasteiger charge is 2.46. The Balaban J connectivity index is 1.44. The maximum absolute atomic E-state index is 13.2. The Labute approximate surface area is 133 Å². The van der Waals surface area contributed by atoms with E-state index in [1.54, 1.807) is 6.20 Å². The Morgan fingerprint density at radius 1 is 1.13 bits per heavy atom. The lowest BCUT2D eigenvalue weighted by Crippen LogP contribution is -2.48. The summed E-state index contributed by atoms with van der Waals surface area (Å²) in [6.07, 6.45) is 6.82. The van der Waals surface area contributed by atoms with Crippen molar-refractivity contribution in [2.24, 2.45) is 5.41 Å². The van der Waals surface area contributed by atoms with Crippen LogP contribution in [0.15, 0.2) is 30.6 Å². The minimum absolute atomic E-state index is 0.285. The van der Waals surface area contributed by atoms with Crippen LogP contribution in [-0.2, 0) is 0 Å². The molecule has 3 aromatic rings. The van der Waals surface area contributed by atoms with Crippen LogP contribution < -0.4 is 4.90 Å². The van der Waals surface area contributed by atoms with E-state index in [1.807, 2.05) is 12.3 Å². The molecule has 2 fully saturated rings. The highest BCUT2D eigenvalue weighted by molar-refractivity contribution is 6.05. The molecular formula is C18H19FN4. The average molecular weight is 310 g/mol. The number of halogens is 1. The van der Waals surface area contributed by atoms with E-state index in [0.29, 0.717) is 0 Å². The number of rotatable bonds is 1. The normalized spacial score (nSPS) is 21.2. The number of hydrogen-bond acceptors (Lipinski definition) is 3. The van der Waals surface area contributed by atoms with Crippen molar-refractivity contribution in [3.8, 4) is 0 Å². The fourth-order valence-electron chi connectivity index (χ4n) is 4.28. The molecule has 1 aliphatic carbocycles. The molecule has 2 aliphatic rings. The second kappa shape index (κ2) is 4.66. The van der Waals surface area contributed by atoms with Crippen LogP contribution in [0.1, 0.15) is 25.7 Å². The number of piperidine rings is 1.